The van der Waals surface area contributed by atoms with Gasteiger partial charge in [0, 0.05) is 0 Å². The van der Waals surface area contributed by atoms with E-state index in [-0.39, 0.29) is 23.1 Å². The molecule has 0 amide bonds. The summed E-state index contributed by atoms with van der Waals surface area (Å²) in [6, 6.07) is 1.81. The highest BCUT2D eigenvalue weighted by molar-refractivity contribution is 6.04. The number of carbonyl (C=O) groups is 2. The molecule has 0 radical (unpaired) electrons. The Morgan fingerprint density at radius 3 is 1.93 bits per heavy atom. The number of carboxylic acid groups (broad SMARTS) is 2. The maximum Gasteiger partial charge on any atom is 0.340 e. The zero-order chi connectivity index (χ0) is 10.9. The molecule has 0 bridgehead atoms. The Morgan fingerprint density at radius 2 is 1.53 bits per heavy atom. The van der Waals surface area contributed by atoms with Gasteiger partial charge in [0.05, 0.1) is 5.56 Å². The Labute approximate surface area is 99.9 Å². The number of hydrogen-bond acceptors (Lipinski definition) is 4. The average Bonchev–Trinajstić information content (AvgIpc) is 2.08. The lowest BCUT2D eigenvalue weighted by Gasteiger charge is -2.04. The summed E-state index contributed by atoms with van der Waals surface area (Å²) in [5, 5.41) is 35.2. The third kappa shape index (κ3) is 2.51. The third-order valence-electron chi connectivity index (χ3n) is 1.60. The number of benzene rings is 1. The van der Waals surface area contributed by atoms with E-state index in [1.807, 2.05) is 0 Å². The van der Waals surface area contributed by atoms with Crippen LogP contribution in [0.25, 0.3) is 0 Å². The van der Waals surface area contributed by atoms with Crippen LogP contribution in [0.2, 0.25) is 0 Å². The van der Waals surface area contributed by atoms with Gasteiger partial charge >= 0.3 is 35.0 Å². The van der Waals surface area contributed by atoms with Crippen molar-refractivity contribution in [1.29, 1.82) is 0 Å². The van der Waals surface area contributed by atoms with Gasteiger partial charge in [0.2, 0.25) is 0 Å². The zero-order valence-electron chi connectivity index (χ0n) is 6.76. The highest BCUT2D eigenvalue weighted by Gasteiger charge is 2.22. The molecule has 0 fully saturated rings. The first-order valence-electron chi connectivity index (χ1n) is 3.46. The van der Waals surface area contributed by atoms with Crippen LogP contribution in [0.4, 0.5) is 0 Å². The second kappa shape index (κ2) is 4.85. The van der Waals surface area contributed by atoms with E-state index in [0.717, 1.165) is 12.1 Å². The lowest BCUT2D eigenvalue weighted by molar-refractivity contribution is 0.0648. The van der Waals surface area contributed by atoms with Crippen LogP contribution in [0.1, 0.15) is 20.7 Å². The van der Waals surface area contributed by atoms with Gasteiger partial charge in [-0.05, 0) is 12.1 Å². The SMILES string of the molecule is O=C(O)c1ccc(O)c(O)c1C(=O)O.[MgH2]. The fourth-order valence-electron chi connectivity index (χ4n) is 0.975. The van der Waals surface area contributed by atoms with Gasteiger partial charge in [0.25, 0.3) is 0 Å². The van der Waals surface area contributed by atoms with Crippen molar-refractivity contribution in [2.75, 3.05) is 0 Å². The van der Waals surface area contributed by atoms with Gasteiger partial charge in [-0.3, -0.25) is 0 Å². The van der Waals surface area contributed by atoms with E-state index in [1.165, 1.54) is 0 Å². The van der Waals surface area contributed by atoms with Crippen molar-refractivity contribution in [3.63, 3.8) is 0 Å². The Balaban J connectivity index is 0.00000196. The molecule has 0 aliphatic carbocycles. The largest absolute Gasteiger partial charge is 0.504 e. The molecule has 0 spiro atoms. The molecule has 0 saturated heterocycles. The Hall–Kier alpha value is -1.47. The summed E-state index contributed by atoms with van der Waals surface area (Å²) in [4.78, 5) is 21.1. The van der Waals surface area contributed by atoms with E-state index in [1.54, 1.807) is 0 Å². The normalized spacial score (nSPS) is 9.07. The first-order chi connectivity index (χ1) is 6.45. The molecule has 0 aliphatic heterocycles. The van der Waals surface area contributed by atoms with Crippen LogP contribution in [0.3, 0.4) is 0 Å². The first-order valence-corrected chi connectivity index (χ1v) is 3.46. The van der Waals surface area contributed by atoms with Crippen molar-refractivity contribution in [3.8, 4) is 11.5 Å². The highest BCUT2D eigenvalue weighted by Crippen LogP contribution is 2.31. The van der Waals surface area contributed by atoms with Gasteiger partial charge in [-0.1, -0.05) is 0 Å². The molecular weight excluding hydrogens is 216 g/mol. The topological polar surface area (TPSA) is 115 Å². The van der Waals surface area contributed by atoms with Crippen LogP contribution in [0.15, 0.2) is 12.1 Å². The minimum atomic E-state index is -1.61. The second-order valence-electron chi connectivity index (χ2n) is 2.47. The van der Waals surface area contributed by atoms with E-state index in [9.17, 15) is 9.59 Å². The van der Waals surface area contributed by atoms with E-state index < -0.39 is 34.6 Å². The van der Waals surface area contributed by atoms with E-state index in [2.05, 4.69) is 0 Å². The number of aromatic hydroxyl groups is 2. The summed E-state index contributed by atoms with van der Waals surface area (Å²) in [6.45, 7) is 0. The molecule has 0 saturated carbocycles. The van der Waals surface area contributed by atoms with Crippen LogP contribution in [-0.4, -0.2) is 55.4 Å². The Morgan fingerprint density at radius 1 is 1.00 bits per heavy atom. The van der Waals surface area contributed by atoms with Crippen LogP contribution < -0.4 is 0 Å². The summed E-state index contributed by atoms with van der Waals surface area (Å²) in [6.07, 6.45) is 0. The van der Waals surface area contributed by atoms with Crippen molar-refractivity contribution < 1.29 is 30.0 Å². The van der Waals surface area contributed by atoms with Crippen LogP contribution in [0.5, 0.6) is 11.5 Å². The maximum absolute atomic E-state index is 10.6. The van der Waals surface area contributed by atoms with E-state index in [4.69, 9.17) is 20.4 Å². The van der Waals surface area contributed by atoms with E-state index in [0.29, 0.717) is 0 Å². The molecule has 15 heavy (non-hydrogen) atoms. The first kappa shape index (κ1) is 13.5. The lowest BCUT2D eigenvalue weighted by atomic mass is 10.1. The summed E-state index contributed by atoms with van der Waals surface area (Å²) in [5.41, 5.74) is -1.40. The summed E-state index contributed by atoms with van der Waals surface area (Å²) in [7, 11) is 0. The molecular formula is C8H8MgO6. The summed E-state index contributed by atoms with van der Waals surface area (Å²) in [5.74, 6) is -4.72. The zero-order valence-corrected chi connectivity index (χ0v) is 6.76. The van der Waals surface area contributed by atoms with Crippen molar-refractivity contribution in [2.24, 2.45) is 0 Å². The molecule has 0 atom stereocenters. The molecule has 1 aromatic rings. The number of phenolic OH excluding ortho intramolecular Hbond substituents is 1. The molecule has 0 unspecified atom stereocenters. The van der Waals surface area contributed by atoms with Gasteiger partial charge in [-0.15, -0.1) is 0 Å². The van der Waals surface area contributed by atoms with Gasteiger partial charge < -0.3 is 20.4 Å². The van der Waals surface area contributed by atoms with Crippen molar-refractivity contribution in [2.45, 2.75) is 0 Å². The van der Waals surface area contributed by atoms with Gasteiger partial charge in [-0.25, -0.2) is 9.59 Å². The smallest absolute Gasteiger partial charge is 0.340 e. The van der Waals surface area contributed by atoms with Crippen LogP contribution >= 0.6 is 0 Å². The highest BCUT2D eigenvalue weighted by atomic mass is 24.3. The van der Waals surface area contributed by atoms with Crippen molar-refractivity contribution in [3.05, 3.63) is 23.3 Å². The third-order valence-corrected chi connectivity index (χ3v) is 1.60. The monoisotopic (exact) mass is 224 g/mol. The standard InChI is InChI=1S/C8H6O6.Mg.2H/c9-4-2-1-3(7(11)12)5(6(4)10)8(13)14;;;/h1-2,9-10H,(H,11,12)(H,13,14);;;. The van der Waals surface area contributed by atoms with Gasteiger partial charge in [-0.2, -0.15) is 0 Å². The molecule has 0 aliphatic rings. The maximum atomic E-state index is 10.6. The fourth-order valence-corrected chi connectivity index (χ4v) is 0.975. The number of aromatic carboxylic acids is 2. The molecule has 0 heterocycles. The average molecular weight is 224 g/mol. The summed E-state index contributed by atoms with van der Waals surface area (Å²) < 4.78 is 0. The molecule has 1 rings (SSSR count). The minimum Gasteiger partial charge on any atom is -0.504 e. The molecule has 6 nitrogen and oxygen atoms in total. The molecule has 4 N–H and O–H groups in total. The molecule has 0 aromatic heterocycles. The fraction of sp³-hybridized carbons (Fsp3) is 0. The predicted molar refractivity (Wildman–Crippen MR) is 52.2 cm³/mol. The number of phenols is 2. The number of carboxylic acids is 2. The number of hydrogen-bond donors (Lipinski definition) is 4. The Kier molecular flexibility index (Phi) is 4.37. The molecule has 1 aromatic carbocycles. The van der Waals surface area contributed by atoms with Crippen molar-refractivity contribution >= 4 is 35.0 Å². The van der Waals surface area contributed by atoms with Gasteiger partial charge in [0.1, 0.15) is 5.56 Å². The Bertz CT molecular complexity index is 414. The van der Waals surface area contributed by atoms with E-state index >= 15 is 0 Å². The molecule has 78 valence electrons. The summed E-state index contributed by atoms with van der Waals surface area (Å²) >= 11 is 0. The van der Waals surface area contributed by atoms with Crippen LogP contribution in [0, 0.1) is 0 Å². The van der Waals surface area contributed by atoms with Crippen molar-refractivity contribution in [1.82, 2.24) is 0 Å². The predicted octanol–water partition coefficient (Wildman–Crippen LogP) is -0.422. The molecule has 7 heteroatoms. The van der Waals surface area contributed by atoms with Gasteiger partial charge in [0.15, 0.2) is 11.5 Å². The van der Waals surface area contributed by atoms with Crippen LogP contribution in [-0.2, 0) is 0 Å². The lowest BCUT2D eigenvalue weighted by Crippen LogP contribution is -2.08. The second-order valence-corrected chi connectivity index (χ2v) is 2.47. The number of rotatable bonds is 2. The quantitative estimate of drug-likeness (QED) is 0.400. The minimum absolute atomic E-state index is 0.